The van der Waals surface area contributed by atoms with Crippen LogP contribution in [0.3, 0.4) is 0 Å². The maximum atomic E-state index is 12.5. The van der Waals surface area contributed by atoms with Crippen LogP contribution < -0.4 is 10.6 Å². The third-order valence-corrected chi connectivity index (χ3v) is 5.82. The van der Waals surface area contributed by atoms with Crippen LogP contribution >= 0.6 is 12.2 Å². The fourth-order valence-electron chi connectivity index (χ4n) is 4.10. The van der Waals surface area contributed by atoms with Crippen LogP contribution in [0.25, 0.3) is 11.1 Å². The first kappa shape index (κ1) is 24.4. The Hall–Kier alpha value is -3.71. The highest BCUT2D eigenvalue weighted by molar-refractivity contribution is 7.80. The van der Waals surface area contributed by atoms with Crippen LogP contribution in [0.5, 0.6) is 0 Å². The summed E-state index contributed by atoms with van der Waals surface area (Å²) in [5.41, 5.74) is 4.84. The quantitative estimate of drug-likeness (QED) is 0.363. The number of fused-ring (bicyclic) bond motifs is 3. The number of esters is 1. The summed E-state index contributed by atoms with van der Waals surface area (Å²) < 4.78 is 11.3. The smallest absolute Gasteiger partial charge is 0.340 e. The average molecular weight is 489 g/mol. The number of rotatable bonds is 6. The molecule has 3 aromatic rings. The minimum atomic E-state index is -0.639. The van der Waals surface area contributed by atoms with E-state index in [-0.39, 0.29) is 29.1 Å². The number of hydrogen-bond donors (Lipinski definition) is 2. The van der Waals surface area contributed by atoms with Crippen molar-refractivity contribution in [2.45, 2.75) is 32.3 Å². The summed E-state index contributed by atoms with van der Waals surface area (Å²) in [5, 5.41) is 5.72. The highest BCUT2D eigenvalue weighted by Gasteiger charge is 2.28. The van der Waals surface area contributed by atoms with Gasteiger partial charge >= 0.3 is 5.97 Å². The van der Waals surface area contributed by atoms with Gasteiger partial charge in [-0.05, 0) is 67.4 Å². The lowest BCUT2D eigenvalue weighted by Crippen LogP contribution is -2.34. The Kier molecular flexibility index (Phi) is 7.17. The van der Waals surface area contributed by atoms with Crippen LogP contribution in [0, 0.1) is 0 Å². The van der Waals surface area contributed by atoms with E-state index < -0.39 is 11.6 Å². The summed E-state index contributed by atoms with van der Waals surface area (Å²) in [6.45, 7) is 5.64. The molecule has 0 unspecified atom stereocenters. The van der Waals surface area contributed by atoms with Gasteiger partial charge in [-0.2, -0.15) is 0 Å². The monoisotopic (exact) mass is 488 g/mol. The first-order valence-electron chi connectivity index (χ1n) is 11.4. The third kappa shape index (κ3) is 5.87. The first-order chi connectivity index (χ1) is 16.7. The number of thiocarbonyl (C=S) groups is 1. The van der Waals surface area contributed by atoms with Crippen molar-refractivity contribution in [2.75, 3.05) is 18.5 Å². The number of carbonyl (C=O) groups is 2. The average Bonchev–Trinajstić information content (AvgIpc) is 3.14. The molecule has 180 valence electrons. The van der Waals surface area contributed by atoms with Crippen LogP contribution in [0.1, 0.15) is 48.2 Å². The Morgan fingerprint density at radius 2 is 1.46 bits per heavy atom. The molecule has 0 saturated heterocycles. The lowest BCUT2D eigenvalue weighted by Gasteiger charge is -2.20. The van der Waals surface area contributed by atoms with Gasteiger partial charge in [0.15, 0.2) is 0 Å². The second kappa shape index (κ2) is 10.3. The molecule has 7 heteroatoms. The molecular formula is C28H28N2O4S. The van der Waals surface area contributed by atoms with Gasteiger partial charge in [0, 0.05) is 5.92 Å². The van der Waals surface area contributed by atoms with Crippen molar-refractivity contribution in [3.05, 3.63) is 89.5 Å². The highest BCUT2D eigenvalue weighted by Crippen LogP contribution is 2.44. The first-order valence-corrected chi connectivity index (χ1v) is 11.8. The van der Waals surface area contributed by atoms with Gasteiger partial charge in [0.25, 0.3) is 5.17 Å². The van der Waals surface area contributed by atoms with Crippen LogP contribution in [0.15, 0.2) is 72.8 Å². The van der Waals surface area contributed by atoms with E-state index in [4.69, 9.17) is 21.7 Å². The predicted octanol–water partition coefficient (Wildman–Crippen LogP) is 5.28. The van der Waals surface area contributed by atoms with Gasteiger partial charge in [0.2, 0.25) is 5.91 Å². The van der Waals surface area contributed by atoms with Gasteiger partial charge in [-0.15, -0.1) is 0 Å². The Labute approximate surface area is 210 Å². The summed E-state index contributed by atoms with van der Waals surface area (Å²) in [6, 6.07) is 23.3. The summed E-state index contributed by atoms with van der Waals surface area (Å²) in [6.07, 6.45) is 0. The minimum Gasteiger partial charge on any atom is -0.470 e. The topological polar surface area (TPSA) is 76.7 Å². The highest BCUT2D eigenvalue weighted by atomic mass is 32.1. The number of amides is 1. The fraction of sp³-hybridized carbons (Fsp3) is 0.250. The normalized spacial score (nSPS) is 12.3. The molecular weight excluding hydrogens is 460 g/mol. The van der Waals surface area contributed by atoms with Gasteiger partial charge in [0.05, 0.1) is 17.8 Å². The second-order valence-corrected chi connectivity index (χ2v) is 9.65. The van der Waals surface area contributed by atoms with Crippen LogP contribution in [-0.4, -0.2) is 35.8 Å². The number of hydrogen-bond acceptors (Lipinski definition) is 5. The van der Waals surface area contributed by atoms with E-state index in [9.17, 15) is 9.59 Å². The lowest BCUT2D eigenvalue weighted by molar-refractivity contribution is -0.115. The third-order valence-electron chi connectivity index (χ3n) is 5.56. The Morgan fingerprint density at radius 3 is 2.09 bits per heavy atom. The number of benzene rings is 3. The fourth-order valence-corrected chi connectivity index (χ4v) is 4.24. The van der Waals surface area contributed by atoms with Gasteiger partial charge in [-0.1, -0.05) is 60.7 Å². The van der Waals surface area contributed by atoms with E-state index in [0.29, 0.717) is 12.3 Å². The summed E-state index contributed by atoms with van der Waals surface area (Å²) in [7, 11) is 0. The molecule has 0 bridgehead atoms. The van der Waals surface area contributed by atoms with Crippen molar-refractivity contribution in [3.8, 4) is 11.1 Å². The predicted molar refractivity (Wildman–Crippen MR) is 141 cm³/mol. The molecule has 0 fully saturated rings. The lowest BCUT2D eigenvalue weighted by atomic mass is 9.98. The number of carbonyl (C=O) groups excluding carboxylic acids is 2. The van der Waals surface area contributed by atoms with Crippen LogP contribution in [0.2, 0.25) is 0 Å². The van der Waals surface area contributed by atoms with Crippen molar-refractivity contribution in [1.29, 1.82) is 0 Å². The largest absolute Gasteiger partial charge is 0.470 e. The van der Waals surface area contributed by atoms with E-state index in [1.807, 2.05) is 24.3 Å². The molecule has 0 atom stereocenters. The molecule has 3 aromatic carbocycles. The van der Waals surface area contributed by atoms with Crippen molar-refractivity contribution in [2.24, 2.45) is 0 Å². The molecule has 1 aliphatic rings. The zero-order valence-corrected chi connectivity index (χ0v) is 20.8. The van der Waals surface area contributed by atoms with E-state index in [1.165, 1.54) is 22.3 Å². The molecule has 0 saturated carbocycles. The molecule has 1 amide bonds. The van der Waals surface area contributed by atoms with Gasteiger partial charge < -0.3 is 20.1 Å². The van der Waals surface area contributed by atoms with Crippen molar-refractivity contribution in [1.82, 2.24) is 5.32 Å². The Balaban J connectivity index is 1.32. The van der Waals surface area contributed by atoms with Crippen molar-refractivity contribution >= 4 is 35.0 Å². The summed E-state index contributed by atoms with van der Waals surface area (Å²) >= 11 is 5.31. The molecule has 1 aliphatic carbocycles. The number of para-hydroxylation sites is 1. The summed E-state index contributed by atoms with van der Waals surface area (Å²) in [4.78, 5) is 25.0. The molecule has 0 aliphatic heterocycles. The van der Waals surface area contributed by atoms with E-state index >= 15 is 0 Å². The number of anilines is 1. The summed E-state index contributed by atoms with van der Waals surface area (Å²) in [5.74, 6) is -0.794. The maximum Gasteiger partial charge on any atom is 0.340 e. The molecule has 0 spiro atoms. The second-order valence-electron chi connectivity index (χ2n) is 9.27. The Morgan fingerprint density at radius 1 is 0.886 bits per heavy atom. The van der Waals surface area contributed by atoms with Crippen LogP contribution in [0.4, 0.5) is 5.69 Å². The number of nitrogens with one attached hydrogen (secondary N) is 2. The number of ether oxygens (including phenoxy) is 2. The molecule has 4 rings (SSSR count). The maximum absolute atomic E-state index is 12.5. The molecule has 35 heavy (non-hydrogen) atoms. The van der Waals surface area contributed by atoms with E-state index in [2.05, 4.69) is 34.9 Å². The SMILES string of the molecule is CC(C)(C)OC(=O)c1ccccc1NC(=O)CNC(=S)OCC1c2ccccc2-c2ccccc21. The van der Waals surface area contributed by atoms with Gasteiger partial charge in [-0.3, -0.25) is 4.79 Å². The molecule has 0 heterocycles. The van der Waals surface area contributed by atoms with E-state index in [1.54, 1.807) is 45.0 Å². The molecule has 6 nitrogen and oxygen atoms in total. The standard InChI is InChI=1S/C28H28N2O4S/c1-28(2,3)34-26(32)22-14-8-9-15-24(22)30-25(31)16-29-27(35)33-17-23-20-12-6-4-10-18(20)19-11-5-7-13-21(19)23/h4-15,23H,16-17H2,1-3H3,(H,29,35)(H,30,31). The molecule has 2 N–H and O–H groups in total. The van der Waals surface area contributed by atoms with Gasteiger partial charge in [-0.25, -0.2) is 4.79 Å². The minimum absolute atomic E-state index is 0.0664. The molecule has 0 radical (unpaired) electrons. The zero-order valence-electron chi connectivity index (χ0n) is 20.0. The van der Waals surface area contributed by atoms with Crippen molar-refractivity contribution in [3.63, 3.8) is 0 Å². The van der Waals surface area contributed by atoms with Crippen molar-refractivity contribution < 1.29 is 19.1 Å². The van der Waals surface area contributed by atoms with Crippen LogP contribution in [-0.2, 0) is 14.3 Å². The Bertz CT molecular complexity index is 1220. The van der Waals surface area contributed by atoms with Gasteiger partial charge in [0.1, 0.15) is 12.2 Å². The zero-order chi connectivity index (χ0) is 25.0. The molecule has 0 aromatic heterocycles. The van der Waals surface area contributed by atoms with E-state index in [0.717, 1.165) is 0 Å².